The second-order valence-electron chi connectivity index (χ2n) is 9.16. The van der Waals surface area contributed by atoms with Gasteiger partial charge in [-0.3, -0.25) is 9.48 Å². The zero-order chi connectivity index (χ0) is 19.8. The number of likely N-dealkylation sites (tertiary alicyclic amines) is 2. The van der Waals surface area contributed by atoms with E-state index in [-0.39, 0.29) is 17.2 Å². The van der Waals surface area contributed by atoms with E-state index in [1.165, 1.54) is 0 Å². The van der Waals surface area contributed by atoms with Gasteiger partial charge in [-0.05, 0) is 32.5 Å². The van der Waals surface area contributed by atoms with Gasteiger partial charge >= 0.3 is 5.97 Å². The number of carboxylic acids is 1. The highest BCUT2D eigenvalue weighted by Crippen LogP contribution is 2.33. The summed E-state index contributed by atoms with van der Waals surface area (Å²) in [5.74, 6) is -0.648. The summed E-state index contributed by atoms with van der Waals surface area (Å²) in [5.41, 5.74) is -0.315. The third-order valence-electron chi connectivity index (χ3n) is 6.07. The smallest absolute Gasteiger partial charge is 0.331 e. The van der Waals surface area contributed by atoms with Crippen LogP contribution in [0.1, 0.15) is 52.1 Å². The molecule has 2 saturated heterocycles. The number of nitrogens with zero attached hydrogens (tertiary/aromatic N) is 4. The van der Waals surface area contributed by atoms with Gasteiger partial charge in [0.1, 0.15) is 0 Å². The Labute approximate surface area is 161 Å². The van der Waals surface area contributed by atoms with Gasteiger partial charge in [-0.25, -0.2) is 4.79 Å². The SMILES string of the molecule is CN1CCCC(C(=O)N2CCC(C(=O)O)(n3ccc(C(C)(C)C)n3)CC2)C1. The molecular formula is C20H32N4O3. The van der Waals surface area contributed by atoms with E-state index in [1.807, 2.05) is 11.0 Å². The first-order valence-electron chi connectivity index (χ1n) is 9.91. The molecule has 3 rings (SSSR count). The molecule has 0 spiro atoms. The molecular weight excluding hydrogens is 344 g/mol. The van der Waals surface area contributed by atoms with Gasteiger partial charge in [0, 0.05) is 44.1 Å². The van der Waals surface area contributed by atoms with Crippen molar-refractivity contribution in [3.05, 3.63) is 18.0 Å². The Balaban J connectivity index is 1.73. The fourth-order valence-electron chi connectivity index (χ4n) is 4.23. The molecule has 0 aromatic carbocycles. The lowest BCUT2D eigenvalue weighted by molar-refractivity contribution is -0.154. The monoisotopic (exact) mass is 376 g/mol. The molecule has 7 heteroatoms. The third kappa shape index (κ3) is 3.88. The standard InChI is InChI=1S/C20H32N4O3/c1-19(2,3)16-7-11-24(21-16)20(18(26)27)8-12-23(13-9-20)17(25)15-6-5-10-22(4)14-15/h7,11,15H,5-6,8-10,12-14H2,1-4H3,(H,26,27). The van der Waals surface area contributed by atoms with Crippen molar-refractivity contribution in [2.75, 3.05) is 33.2 Å². The van der Waals surface area contributed by atoms with Crippen LogP contribution in [0.2, 0.25) is 0 Å². The van der Waals surface area contributed by atoms with E-state index in [1.54, 1.807) is 10.9 Å². The Kier molecular flexibility index (Phi) is 5.34. The number of piperidine rings is 2. The molecule has 150 valence electrons. The van der Waals surface area contributed by atoms with E-state index in [0.29, 0.717) is 25.9 Å². The predicted molar refractivity (Wildman–Crippen MR) is 103 cm³/mol. The lowest BCUT2D eigenvalue weighted by atomic mass is 9.86. The average Bonchev–Trinajstić information content (AvgIpc) is 3.12. The van der Waals surface area contributed by atoms with Crippen molar-refractivity contribution >= 4 is 11.9 Å². The number of hydrogen-bond donors (Lipinski definition) is 1. The summed E-state index contributed by atoms with van der Waals surface area (Å²) < 4.78 is 1.62. The number of carbonyl (C=O) groups is 2. The first-order chi connectivity index (χ1) is 12.6. The van der Waals surface area contributed by atoms with Gasteiger partial charge in [0.25, 0.3) is 0 Å². The lowest BCUT2D eigenvalue weighted by Crippen LogP contribution is -2.54. The fourth-order valence-corrected chi connectivity index (χ4v) is 4.23. The number of aromatic nitrogens is 2. The minimum absolute atomic E-state index is 0.0401. The van der Waals surface area contributed by atoms with E-state index >= 15 is 0 Å². The van der Waals surface area contributed by atoms with E-state index in [4.69, 9.17) is 0 Å². The quantitative estimate of drug-likeness (QED) is 0.872. The van der Waals surface area contributed by atoms with Crippen molar-refractivity contribution in [1.29, 1.82) is 0 Å². The van der Waals surface area contributed by atoms with Crippen molar-refractivity contribution in [2.45, 2.75) is 57.4 Å². The van der Waals surface area contributed by atoms with Crippen molar-refractivity contribution in [2.24, 2.45) is 5.92 Å². The summed E-state index contributed by atoms with van der Waals surface area (Å²) in [4.78, 5) is 29.1. The molecule has 0 aliphatic carbocycles. The Morgan fingerprint density at radius 1 is 1.22 bits per heavy atom. The second-order valence-corrected chi connectivity index (χ2v) is 9.16. The fraction of sp³-hybridized carbons (Fsp3) is 0.750. The summed E-state index contributed by atoms with van der Waals surface area (Å²) in [6, 6.07) is 1.90. The van der Waals surface area contributed by atoms with Crippen LogP contribution in [-0.2, 0) is 20.5 Å². The molecule has 1 aromatic rings. The molecule has 3 heterocycles. The molecule has 0 saturated carbocycles. The first-order valence-corrected chi connectivity index (χ1v) is 9.91. The lowest BCUT2D eigenvalue weighted by Gasteiger charge is -2.41. The summed E-state index contributed by atoms with van der Waals surface area (Å²) in [6.45, 7) is 8.97. The molecule has 1 atom stereocenters. The molecule has 1 aromatic heterocycles. The number of amides is 1. The van der Waals surface area contributed by atoms with E-state index < -0.39 is 11.5 Å². The summed E-state index contributed by atoms with van der Waals surface area (Å²) in [7, 11) is 2.05. The zero-order valence-corrected chi connectivity index (χ0v) is 16.9. The minimum Gasteiger partial charge on any atom is -0.479 e. The van der Waals surface area contributed by atoms with Gasteiger partial charge in [-0.15, -0.1) is 0 Å². The van der Waals surface area contributed by atoms with Crippen LogP contribution in [0, 0.1) is 5.92 Å². The van der Waals surface area contributed by atoms with Crippen LogP contribution in [0.5, 0.6) is 0 Å². The number of carbonyl (C=O) groups excluding carboxylic acids is 1. The molecule has 2 aliphatic rings. The summed E-state index contributed by atoms with van der Waals surface area (Å²) in [6.07, 6.45) is 4.53. The largest absolute Gasteiger partial charge is 0.479 e. The van der Waals surface area contributed by atoms with Gasteiger partial charge in [0.15, 0.2) is 5.54 Å². The molecule has 27 heavy (non-hydrogen) atoms. The topological polar surface area (TPSA) is 78.7 Å². The van der Waals surface area contributed by atoms with Gasteiger partial charge in [-0.1, -0.05) is 20.8 Å². The van der Waals surface area contributed by atoms with Crippen LogP contribution in [-0.4, -0.2) is 69.8 Å². The van der Waals surface area contributed by atoms with Crippen molar-refractivity contribution in [1.82, 2.24) is 19.6 Å². The maximum Gasteiger partial charge on any atom is 0.331 e. The Morgan fingerprint density at radius 3 is 2.41 bits per heavy atom. The number of aliphatic carboxylic acids is 1. The van der Waals surface area contributed by atoms with E-state index in [0.717, 1.165) is 31.6 Å². The molecule has 1 N–H and O–H groups in total. The molecule has 0 bridgehead atoms. The normalized spacial score (nSPS) is 24.0. The highest BCUT2D eigenvalue weighted by atomic mass is 16.4. The molecule has 0 radical (unpaired) electrons. The van der Waals surface area contributed by atoms with Gasteiger partial charge in [0.05, 0.1) is 11.6 Å². The Hall–Kier alpha value is -1.89. The zero-order valence-electron chi connectivity index (χ0n) is 16.9. The second kappa shape index (κ2) is 7.26. The van der Waals surface area contributed by atoms with Crippen LogP contribution in [0.15, 0.2) is 12.3 Å². The van der Waals surface area contributed by atoms with Crippen LogP contribution < -0.4 is 0 Å². The summed E-state index contributed by atoms with van der Waals surface area (Å²) in [5, 5.41) is 14.6. The highest BCUT2D eigenvalue weighted by molar-refractivity contribution is 5.81. The molecule has 1 unspecified atom stereocenters. The Morgan fingerprint density at radius 2 is 1.89 bits per heavy atom. The predicted octanol–water partition coefficient (Wildman–Crippen LogP) is 1.92. The van der Waals surface area contributed by atoms with Crippen molar-refractivity contribution in [3.63, 3.8) is 0 Å². The van der Waals surface area contributed by atoms with Crippen LogP contribution >= 0.6 is 0 Å². The Bertz CT molecular complexity index is 698. The highest BCUT2D eigenvalue weighted by Gasteiger charge is 2.46. The molecule has 7 nitrogen and oxygen atoms in total. The molecule has 2 aliphatic heterocycles. The number of hydrogen-bond acceptors (Lipinski definition) is 4. The minimum atomic E-state index is -1.07. The summed E-state index contributed by atoms with van der Waals surface area (Å²) >= 11 is 0. The van der Waals surface area contributed by atoms with Gasteiger partial charge in [0.2, 0.25) is 5.91 Å². The van der Waals surface area contributed by atoms with Crippen molar-refractivity contribution < 1.29 is 14.7 Å². The first kappa shape index (κ1) is 19.9. The maximum absolute atomic E-state index is 12.9. The van der Waals surface area contributed by atoms with Gasteiger partial charge < -0.3 is 14.9 Å². The third-order valence-corrected chi connectivity index (χ3v) is 6.07. The van der Waals surface area contributed by atoms with Crippen LogP contribution in [0.4, 0.5) is 0 Å². The van der Waals surface area contributed by atoms with Crippen LogP contribution in [0.25, 0.3) is 0 Å². The average molecular weight is 377 g/mol. The van der Waals surface area contributed by atoms with E-state index in [2.05, 4.69) is 37.8 Å². The number of carboxylic acid groups (broad SMARTS) is 1. The molecule has 1 amide bonds. The van der Waals surface area contributed by atoms with Crippen LogP contribution in [0.3, 0.4) is 0 Å². The van der Waals surface area contributed by atoms with E-state index in [9.17, 15) is 14.7 Å². The maximum atomic E-state index is 12.9. The molecule has 2 fully saturated rings. The number of rotatable bonds is 3. The van der Waals surface area contributed by atoms with Gasteiger partial charge in [-0.2, -0.15) is 5.10 Å². The van der Waals surface area contributed by atoms with Crippen molar-refractivity contribution in [3.8, 4) is 0 Å².